The Balaban J connectivity index is 1.23. The molecule has 13 atom stereocenters. The molecule has 0 aromatic heterocycles. The van der Waals surface area contributed by atoms with Crippen molar-refractivity contribution in [1.82, 2.24) is 0 Å². The van der Waals surface area contributed by atoms with Gasteiger partial charge >= 0.3 is 5.97 Å². The fraction of sp³-hybridized carbons (Fsp3) is 0.800. The smallest absolute Gasteiger partial charge is 0.331 e. The molecular weight excluding hydrogens is 520 g/mol. The number of ketones is 1. The summed E-state index contributed by atoms with van der Waals surface area (Å²) in [4.78, 5) is 26.0. The molecule has 0 bridgehead atoms. The molecule has 0 radical (unpaired) electrons. The molecule has 0 unspecified atom stereocenters. The first-order valence-corrected chi connectivity index (χ1v) is 14.6. The number of rotatable bonds is 2. The van der Waals surface area contributed by atoms with Crippen LogP contribution in [0.15, 0.2) is 23.3 Å². The van der Waals surface area contributed by atoms with Crippen LogP contribution in [0.25, 0.3) is 0 Å². The highest BCUT2D eigenvalue weighted by molar-refractivity contribution is 5.93. The Hall–Kier alpha value is -1.66. The van der Waals surface area contributed by atoms with Crippen molar-refractivity contribution in [2.75, 3.05) is 13.7 Å². The van der Waals surface area contributed by atoms with Crippen LogP contribution in [0.2, 0.25) is 0 Å². The summed E-state index contributed by atoms with van der Waals surface area (Å²) in [6.45, 7) is 5.84. The highest BCUT2D eigenvalue weighted by Gasteiger charge is 2.74. The van der Waals surface area contributed by atoms with E-state index in [-0.39, 0.29) is 30.3 Å². The lowest BCUT2D eigenvalue weighted by Gasteiger charge is -2.63. The maximum atomic E-state index is 14.2. The van der Waals surface area contributed by atoms with Crippen molar-refractivity contribution < 1.29 is 48.6 Å². The fourth-order valence-corrected chi connectivity index (χ4v) is 9.83. The van der Waals surface area contributed by atoms with Gasteiger partial charge in [-0.15, -0.1) is 0 Å². The van der Waals surface area contributed by atoms with Crippen LogP contribution >= 0.6 is 0 Å². The Bertz CT molecular complexity index is 1200. The van der Waals surface area contributed by atoms with Crippen molar-refractivity contribution >= 4 is 11.8 Å². The molecule has 0 spiro atoms. The molecule has 0 amide bonds. The van der Waals surface area contributed by atoms with E-state index >= 15 is 0 Å². The Morgan fingerprint density at radius 1 is 1.12 bits per heavy atom. The first-order chi connectivity index (χ1) is 18.9. The van der Waals surface area contributed by atoms with Crippen molar-refractivity contribution in [3.63, 3.8) is 0 Å². The van der Waals surface area contributed by atoms with E-state index in [0.29, 0.717) is 38.5 Å². The van der Waals surface area contributed by atoms with Crippen molar-refractivity contribution in [3.8, 4) is 0 Å². The average molecular weight is 561 g/mol. The number of hydrogen-bond donors (Lipinski definition) is 3. The molecule has 2 saturated heterocycles. The van der Waals surface area contributed by atoms with E-state index in [1.54, 1.807) is 6.92 Å². The molecule has 220 valence electrons. The summed E-state index contributed by atoms with van der Waals surface area (Å²) in [6, 6.07) is 0. The van der Waals surface area contributed by atoms with Crippen molar-refractivity contribution in [2.24, 2.45) is 28.6 Å². The molecule has 4 aliphatic carbocycles. The SMILES string of the molecule is CO[C@H]1C[C@@H](C)O[C@H]2O[C@@H]3C[C@@]4(C)C(=C[C@H]3O[C@]21O)CC[C@@H]1[C@@H]4[C@H](O)C(=O)[C@]2(C)[C@@H](C3=CC(=O)OC3)CC[C@]12O. The summed E-state index contributed by atoms with van der Waals surface area (Å²) >= 11 is 0. The van der Waals surface area contributed by atoms with Gasteiger partial charge in [0.1, 0.15) is 24.9 Å². The number of ether oxygens (including phenoxy) is 5. The summed E-state index contributed by atoms with van der Waals surface area (Å²) in [5, 5.41) is 35.7. The minimum absolute atomic E-state index is 0.121. The van der Waals surface area contributed by atoms with Crippen LogP contribution < -0.4 is 0 Å². The van der Waals surface area contributed by atoms with Gasteiger partial charge in [-0.05, 0) is 68.8 Å². The fourth-order valence-electron chi connectivity index (χ4n) is 9.83. The summed E-state index contributed by atoms with van der Waals surface area (Å²) in [5.41, 5.74) is -1.41. The van der Waals surface area contributed by atoms with E-state index in [0.717, 1.165) is 11.1 Å². The Morgan fingerprint density at radius 3 is 2.60 bits per heavy atom. The summed E-state index contributed by atoms with van der Waals surface area (Å²) in [5.74, 6) is -3.75. The van der Waals surface area contributed by atoms with Crippen LogP contribution in [-0.2, 0) is 33.3 Å². The number of methoxy groups -OCH3 is 1. The molecular formula is C30H40O10. The first kappa shape index (κ1) is 27.2. The summed E-state index contributed by atoms with van der Waals surface area (Å²) in [6.07, 6.45) is 2.44. The molecule has 3 heterocycles. The second-order valence-electron chi connectivity index (χ2n) is 13.6. The largest absolute Gasteiger partial charge is 0.458 e. The lowest BCUT2D eigenvalue weighted by Crippen LogP contribution is -2.71. The molecule has 7 aliphatic rings. The van der Waals surface area contributed by atoms with Crippen LogP contribution in [-0.4, -0.2) is 89.0 Å². The topological polar surface area (TPSA) is 141 Å². The van der Waals surface area contributed by atoms with Gasteiger partial charge in [0.05, 0.1) is 23.2 Å². The molecule has 10 heteroatoms. The molecule has 0 aromatic carbocycles. The standard InChI is InChI=1S/C30H40O10/c1-14-9-21(36-4)30(35)26(38-14)39-20-12-27(2)16(11-19(20)40-30)5-6-18-23(27)24(32)25(33)28(3)17(7-8-29(18,28)34)15-10-22(31)37-13-15/h10-11,14,17-21,23-24,26,32,34-35H,5-9,12-13H2,1-4H3/t14-,17-,18-,19-,20-,21+,23-,24+,26+,27+,28+,29+,30+/m1/s1. The highest BCUT2D eigenvalue weighted by Crippen LogP contribution is 2.68. The van der Waals surface area contributed by atoms with Crippen molar-refractivity contribution in [3.05, 3.63) is 23.3 Å². The number of allylic oxidation sites excluding steroid dienone is 1. The molecule has 3 aliphatic heterocycles. The molecule has 10 nitrogen and oxygen atoms in total. The molecule has 0 aromatic rings. The van der Waals surface area contributed by atoms with Crippen molar-refractivity contribution in [1.29, 1.82) is 0 Å². The number of Topliss-reactive ketones (excluding diaryl/α,β-unsaturated/α-hetero) is 1. The molecule has 5 fully saturated rings. The normalized spacial score (nSPS) is 55.2. The quantitative estimate of drug-likeness (QED) is 0.336. The number of fused-ring (bicyclic) bond motifs is 7. The predicted molar refractivity (Wildman–Crippen MR) is 137 cm³/mol. The number of cyclic esters (lactones) is 1. The van der Waals surface area contributed by atoms with Gasteiger partial charge in [0.25, 0.3) is 0 Å². The average Bonchev–Trinajstić information content (AvgIpc) is 3.45. The third-order valence-electron chi connectivity index (χ3n) is 11.9. The third kappa shape index (κ3) is 3.30. The zero-order chi connectivity index (χ0) is 28.4. The van der Waals surface area contributed by atoms with Gasteiger partial charge in [0.2, 0.25) is 12.1 Å². The second-order valence-corrected chi connectivity index (χ2v) is 13.6. The lowest BCUT2D eigenvalue weighted by molar-refractivity contribution is -0.449. The van der Waals surface area contributed by atoms with Gasteiger partial charge in [-0.2, -0.15) is 0 Å². The number of hydrogen-bond acceptors (Lipinski definition) is 10. The molecule has 3 N–H and O–H groups in total. The van der Waals surface area contributed by atoms with E-state index in [2.05, 4.69) is 6.92 Å². The predicted octanol–water partition coefficient (Wildman–Crippen LogP) is 1.55. The minimum Gasteiger partial charge on any atom is -0.458 e. The van der Waals surface area contributed by atoms with E-state index in [1.807, 2.05) is 13.0 Å². The van der Waals surface area contributed by atoms with Gasteiger partial charge in [-0.3, -0.25) is 4.79 Å². The maximum Gasteiger partial charge on any atom is 0.331 e. The van der Waals surface area contributed by atoms with Crippen LogP contribution in [0.1, 0.15) is 59.3 Å². The monoisotopic (exact) mass is 560 g/mol. The van der Waals surface area contributed by atoms with Gasteiger partial charge in [-0.25, -0.2) is 4.79 Å². The number of aliphatic hydroxyl groups excluding tert-OH is 1. The number of esters is 1. The zero-order valence-corrected chi connectivity index (χ0v) is 23.5. The van der Waals surface area contributed by atoms with Crippen LogP contribution in [0.3, 0.4) is 0 Å². The van der Waals surface area contributed by atoms with Gasteiger partial charge in [-0.1, -0.05) is 18.6 Å². The summed E-state index contributed by atoms with van der Waals surface area (Å²) in [7, 11) is 1.53. The maximum absolute atomic E-state index is 14.2. The molecule has 3 saturated carbocycles. The van der Waals surface area contributed by atoms with Gasteiger partial charge in [0, 0.05) is 25.5 Å². The molecule has 7 rings (SSSR count). The van der Waals surface area contributed by atoms with Gasteiger partial charge in [0.15, 0.2) is 5.78 Å². The number of aliphatic hydroxyl groups is 3. The Morgan fingerprint density at radius 2 is 1.90 bits per heavy atom. The van der Waals surface area contributed by atoms with E-state index in [9.17, 15) is 24.9 Å². The van der Waals surface area contributed by atoms with Crippen molar-refractivity contribution in [2.45, 2.75) is 107 Å². The second kappa shape index (κ2) is 8.69. The Kier molecular flexibility index (Phi) is 5.91. The minimum atomic E-state index is -1.75. The zero-order valence-electron chi connectivity index (χ0n) is 23.5. The summed E-state index contributed by atoms with van der Waals surface area (Å²) < 4.78 is 29.3. The number of carbonyl (C=O) groups excluding carboxylic acids is 2. The number of carbonyl (C=O) groups is 2. The van der Waals surface area contributed by atoms with E-state index in [4.69, 9.17) is 23.7 Å². The lowest BCUT2D eigenvalue weighted by atomic mass is 9.43. The van der Waals surface area contributed by atoms with E-state index in [1.165, 1.54) is 13.2 Å². The van der Waals surface area contributed by atoms with Crippen LogP contribution in [0, 0.1) is 28.6 Å². The highest BCUT2D eigenvalue weighted by atomic mass is 16.8. The first-order valence-electron chi connectivity index (χ1n) is 14.6. The van der Waals surface area contributed by atoms with Crippen LogP contribution in [0.5, 0.6) is 0 Å². The Labute approximate surface area is 233 Å². The van der Waals surface area contributed by atoms with E-state index < -0.39 is 64.8 Å². The molecule has 40 heavy (non-hydrogen) atoms. The van der Waals surface area contributed by atoms with Crippen LogP contribution in [0.4, 0.5) is 0 Å². The third-order valence-corrected chi connectivity index (χ3v) is 11.9. The van der Waals surface area contributed by atoms with Gasteiger partial charge < -0.3 is 39.0 Å².